The van der Waals surface area contributed by atoms with Crippen LogP contribution in [0.5, 0.6) is 5.75 Å². The first-order valence-corrected chi connectivity index (χ1v) is 10.7. The van der Waals surface area contributed by atoms with Crippen molar-refractivity contribution in [1.29, 1.82) is 5.26 Å². The number of rotatable bonds is 5. The molecule has 1 heterocycles. The van der Waals surface area contributed by atoms with Crippen LogP contribution in [0.3, 0.4) is 0 Å². The fourth-order valence-corrected chi connectivity index (χ4v) is 5.06. The van der Waals surface area contributed by atoms with Crippen molar-refractivity contribution in [2.24, 2.45) is 11.3 Å². The van der Waals surface area contributed by atoms with Crippen molar-refractivity contribution in [3.8, 4) is 11.8 Å². The number of thiophene rings is 1. The number of nitrogens with one attached hydrogen (secondary N) is 1. The minimum Gasteiger partial charge on any atom is -0.487 e. The molecular weight excluding hydrogens is 402 g/mol. The molecule has 0 unspecified atom stereocenters. The SMILES string of the molecule is CCOc1ccc(C(=O)Nc2sc3c(c2C#N)CC[C@H](C(C)(C)C)C3)cc1[N+](=O)[O-]. The largest absolute Gasteiger partial charge is 0.487 e. The summed E-state index contributed by atoms with van der Waals surface area (Å²) < 4.78 is 5.27. The van der Waals surface area contributed by atoms with Crippen LogP contribution < -0.4 is 10.1 Å². The highest BCUT2D eigenvalue weighted by molar-refractivity contribution is 7.16. The second-order valence-corrected chi connectivity index (χ2v) is 9.56. The Labute approximate surface area is 179 Å². The van der Waals surface area contributed by atoms with Gasteiger partial charge < -0.3 is 10.1 Å². The zero-order valence-electron chi connectivity index (χ0n) is 17.6. The predicted molar refractivity (Wildman–Crippen MR) is 116 cm³/mol. The summed E-state index contributed by atoms with van der Waals surface area (Å²) >= 11 is 1.44. The summed E-state index contributed by atoms with van der Waals surface area (Å²) in [7, 11) is 0. The summed E-state index contributed by atoms with van der Waals surface area (Å²) in [5.41, 5.74) is 1.60. The highest BCUT2D eigenvalue weighted by Crippen LogP contribution is 2.44. The Morgan fingerprint density at radius 1 is 1.43 bits per heavy atom. The summed E-state index contributed by atoms with van der Waals surface area (Å²) in [5, 5.41) is 24.3. The molecule has 30 heavy (non-hydrogen) atoms. The summed E-state index contributed by atoms with van der Waals surface area (Å²) in [6.45, 7) is 8.69. The Hall–Kier alpha value is -2.92. The van der Waals surface area contributed by atoms with Crippen molar-refractivity contribution < 1.29 is 14.5 Å². The molecular formula is C22H25N3O4S. The predicted octanol–water partition coefficient (Wildman–Crippen LogP) is 5.33. The van der Waals surface area contributed by atoms with Crippen LogP contribution in [0.15, 0.2) is 18.2 Å². The molecule has 2 aromatic rings. The van der Waals surface area contributed by atoms with Crippen LogP contribution in [-0.4, -0.2) is 17.4 Å². The van der Waals surface area contributed by atoms with Crippen molar-refractivity contribution >= 4 is 27.9 Å². The van der Waals surface area contributed by atoms with E-state index in [4.69, 9.17) is 4.74 Å². The Morgan fingerprint density at radius 2 is 2.17 bits per heavy atom. The van der Waals surface area contributed by atoms with Crippen LogP contribution in [0.25, 0.3) is 0 Å². The van der Waals surface area contributed by atoms with Gasteiger partial charge >= 0.3 is 5.69 Å². The Kier molecular flexibility index (Phi) is 6.13. The molecule has 0 spiro atoms. The molecule has 0 fully saturated rings. The summed E-state index contributed by atoms with van der Waals surface area (Å²) in [5.74, 6) is 0.160. The van der Waals surface area contributed by atoms with Gasteiger partial charge in [0.2, 0.25) is 0 Å². The maximum Gasteiger partial charge on any atom is 0.311 e. The van der Waals surface area contributed by atoms with E-state index in [1.165, 1.54) is 29.5 Å². The number of nitro groups is 1. The van der Waals surface area contributed by atoms with Gasteiger partial charge in [-0.15, -0.1) is 11.3 Å². The molecule has 1 amide bonds. The van der Waals surface area contributed by atoms with E-state index in [1.54, 1.807) is 6.92 Å². The number of nitro benzene ring substituents is 1. The quantitative estimate of drug-likeness (QED) is 0.513. The highest BCUT2D eigenvalue weighted by Gasteiger charge is 2.32. The van der Waals surface area contributed by atoms with Crippen LogP contribution in [0.2, 0.25) is 0 Å². The third kappa shape index (κ3) is 4.31. The van der Waals surface area contributed by atoms with Gasteiger partial charge in [0.15, 0.2) is 5.75 Å². The zero-order valence-corrected chi connectivity index (χ0v) is 18.4. The molecule has 0 saturated heterocycles. The normalized spacial score (nSPS) is 15.8. The van der Waals surface area contributed by atoms with Crippen molar-refractivity contribution in [2.75, 3.05) is 11.9 Å². The monoisotopic (exact) mass is 427 g/mol. The maximum atomic E-state index is 12.8. The van der Waals surface area contributed by atoms with Gasteiger partial charge in [-0.2, -0.15) is 5.26 Å². The molecule has 7 nitrogen and oxygen atoms in total. The molecule has 0 aliphatic heterocycles. The average Bonchev–Trinajstić information content (AvgIpc) is 3.03. The molecule has 0 bridgehead atoms. The first kappa shape index (κ1) is 21.8. The molecule has 3 rings (SSSR count). The number of nitrogens with zero attached hydrogens (tertiary/aromatic N) is 2. The van der Waals surface area contributed by atoms with Gasteiger partial charge in [0.05, 0.1) is 17.1 Å². The number of amides is 1. The number of carbonyl (C=O) groups excluding carboxylic acids is 1. The number of benzene rings is 1. The van der Waals surface area contributed by atoms with Gasteiger partial charge in [0.25, 0.3) is 5.91 Å². The molecule has 8 heteroatoms. The van der Waals surface area contributed by atoms with E-state index in [-0.39, 0.29) is 29.0 Å². The number of nitriles is 1. The maximum absolute atomic E-state index is 12.8. The van der Waals surface area contributed by atoms with Crippen LogP contribution in [0, 0.1) is 32.8 Å². The van der Waals surface area contributed by atoms with Crippen molar-refractivity contribution in [3.05, 3.63) is 49.9 Å². The van der Waals surface area contributed by atoms with E-state index >= 15 is 0 Å². The zero-order chi connectivity index (χ0) is 22.1. The second-order valence-electron chi connectivity index (χ2n) is 8.45. The number of ether oxygens (including phenoxy) is 1. The number of fused-ring (bicyclic) bond motifs is 1. The Bertz CT molecular complexity index is 1030. The fourth-order valence-electron chi connectivity index (χ4n) is 3.79. The standard InChI is InChI=1S/C22H25N3O4S/c1-5-29-18-9-6-13(10-17(18)25(27)28)20(26)24-21-16(12-23)15-8-7-14(22(2,3)4)11-19(15)30-21/h6,9-10,14H,5,7-8,11H2,1-4H3,(H,24,26)/t14-/m0/s1. The van der Waals surface area contributed by atoms with Crippen LogP contribution >= 0.6 is 11.3 Å². The van der Waals surface area contributed by atoms with Gasteiger partial charge in [-0.3, -0.25) is 14.9 Å². The Morgan fingerprint density at radius 3 is 2.77 bits per heavy atom. The summed E-state index contributed by atoms with van der Waals surface area (Å²) in [6.07, 6.45) is 2.73. The van der Waals surface area contributed by atoms with Gasteiger partial charge in [-0.05, 0) is 55.2 Å². The lowest BCUT2D eigenvalue weighted by Gasteiger charge is -2.33. The van der Waals surface area contributed by atoms with E-state index < -0.39 is 10.8 Å². The summed E-state index contributed by atoms with van der Waals surface area (Å²) in [6, 6.07) is 6.36. The van der Waals surface area contributed by atoms with E-state index in [9.17, 15) is 20.2 Å². The van der Waals surface area contributed by atoms with Gasteiger partial charge in [-0.25, -0.2) is 0 Å². The van der Waals surface area contributed by atoms with E-state index in [2.05, 4.69) is 32.2 Å². The number of carbonyl (C=O) groups is 1. The second kappa shape index (κ2) is 8.44. The van der Waals surface area contributed by atoms with E-state index in [0.717, 1.165) is 29.7 Å². The van der Waals surface area contributed by atoms with Crippen molar-refractivity contribution in [2.45, 2.75) is 47.0 Å². The first-order chi connectivity index (χ1) is 14.2. The first-order valence-electron chi connectivity index (χ1n) is 9.92. The third-order valence-electron chi connectivity index (χ3n) is 5.55. The molecule has 1 N–H and O–H groups in total. The molecule has 1 atom stereocenters. The van der Waals surface area contributed by atoms with Gasteiger partial charge in [0.1, 0.15) is 11.1 Å². The van der Waals surface area contributed by atoms with Crippen LogP contribution in [0.4, 0.5) is 10.7 Å². The lowest BCUT2D eigenvalue weighted by atomic mass is 9.72. The minimum absolute atomic E-state index is 0.122. The summed E-state index contributed by atoms with van der Waals surface area (Å²) in [4.78, 5) is 24.7. The average molecular weight is 428 g/mol. The van der Waals surface area contributed by atoms with Crippen molar-refractivity contribution in [3.63, 3.8) is 0 Å². The minimum atomic E-state index is -0.570. The molecule has 1 aliphatic rings. The lowest BCUT2D eigenvalue weighted by Crippen LogP contribution is -2.26. The lowest BCUT2D eigenvalue weighted by molar-refractivity contribution is -0.385. The van der Waals surface area contributed by atoms with Gasteiger partial charge in [0, 0.05) is 16.5 Å². The van der Waals surface area contributed by atoms with E-state index in [1.807, 2.05) is 0 Å². The fraction of sp³-hybridized carbons (Fsp3) is 0.455. The smallest absolute Gasteiger partial charge is 0.311 e. The third-order valence-corrected chi connectivity index (χ3v) is 6.72. The molecule has 0 saturated carbocycles. The number of hydrogen-bond donors (Lipinski definition) is 1. The molecule has 158 valence electrons. The van der Waals surface area contributed by atoms with Crippen LogP contribution in [-0.2, 0) is 12.8 Å². The van der Waals surface area contributed by atoms with E-state index in [0.29, 0.717) is 16.5 Å². The number of hydrogen-bond acceptors (Lipinski definition) is 6. The molecule has 1 aliphatic carbocycles. The topological polar surface area (TPSA) is 105 Å². The molecule has 1 aromatic heterocycles. The number of anilines is 1. The van der Waals surface area contributed by atoms with Crippen LogP contribution in [0.1, 0.15) is 60.5 Å². The Balaban J connectivity index is 1.88. The highest BCUT2D eigenvalue weighted by atomic mass is 32.1. The molecule has 0 radical (unpaired) electrons. The van der Waals surface area contributed by atoms with Gasteiger partial charge in [-0.1, -0.05) is 20.8 Å². The van der Waals surface area contributed by atoms with Crippen molar-refractivity contribution in [1.82, 2.24) is 0 Å². The molecule has 1 aromatic carbocycles.